The van der Waals surface area contributed by atoms with E-state index in [0.717, 1.165) is 0 Å². The van der Waals surface area contributed by atoms with Gasteiger partial charge in [-0.1, -0.05) is 13.8 Å². The number of carboxylic acids is 1. The number of ether oxygens (including phenoxy) is 2. The Labute approximate surface area is 136 Å². The fourth-order valence-corrected chi connectivity index (χ4v) is 2.36. The summed E-state index contributed by atoms with van der Waals surface area (Å²) in [6, 6.07) is 6.55. The van der Waals surface area contributed by atoms with Gasteiger partial charge in [-0.2, -0.15) is 0 Å². The van der Waals surface area contributed by atoms with Crippen molar-refractivity contribution < 1.29 is 24.2 Å². The molecule has 0 bridgehead atoms. The zero-order valence-corrected chi connectivity index (χ0v) is 14.1. The second-order valence-corrected chi connectivity index (χ2v) is 5.92. The van der Waals surface area contributed by atoms with Crippen molar-refractivity contribution >= 4 is 17.6 Å². The normalized spacial score (nSPS) is 13.4. The van der Waals surface area contributed by atoms with Gasteiger partial charge in [-0.05, 0) is 50.5 Å². The molecule has 0 aliphatic heterocycles. The van der Waals surface area contributed by atoms with Crippen molar-refractivity contribution in [2.45, 2.75) is 39.7 Å². The molecule has 0 aliphatic carbocycles. The fourth-order valence-electron chi connectivity index (χ4n) is 2.36. The molecule has 1 rings (SSSR count). The van der Waals surface area contributed by atoms with E-state index in [1.165, 1.54) is 0 Å². The number of rotatable bonds is 9. The zero-order chi connectivity index (χ0) is 17.5. The van der Waals surface area contributed by atoms with Crippen molar-refractivity contribution in [2.24, 2.45) is 5.92 Å². The first-order valence-electron chi connectivity index (χ1n) is 7.67. The summed E-state index contributed by atoms with van der Waals surface area (Å²) in [4.78, 5) is 23.0. The van der Waals surface area contributed by atoms with Crippen molar-refractivity contribution in [3.05, 3.63) is 24.3 Å². The SMILES string of the molecule is CCO[C@@](C)(CC(C)C)C(=O)Nc1ccc(OCC(=O)O)cc1. The van der Waals surface area contributed by atoms with E-state index in [1.54, 1.807) is 31.2 Å². The summed E-state index contributed by atoms with van der Waals surface area (Å²) in [6.45, 7) is 7.79. The third kappa shape index (κ3) is 6.28. The quantitative estimate of drug-likeness (QED) is 0.730. The molecular weight excluding hydrogens is 298 g/mol. The Hall–Kier alpha value is -2.08. The summed E-state index contributed by atoms with van der Waals surface area (Å²) >= 11 is 0. The smallest absolute Gasteiger partial charge is 0.341 e. The predicted octanol–water partition coefficient (Wildman–Crippen LogP) is 2.93. The first-order chi connectivity index (χ1) is 10.8. The van der Waals surface area contributed by atoms with Gasteiger partial charge in [-0.25, -0.2) is 4.79 Å². The van der Waals surface area contributed by atoms with E-state index >= 15 is 0 Å². The molecule has 0 spiro atoms. The molecule has 0 aromatic heterocycles. The largest absolute Gasteiger partial charge is 0.482 e. The second-order valence-electron chi connectivity index (χ2n) is 5.92. The van der Waals surface area contributed by atoms with Gasteiger partial charge in [-0.3, -0.25) is 4.79 Å². The van der Waals surface area contributed by atoms with E-state index in [1.807, 2.05) is 20.8 Å². The maximum atomic E-state index is 12.5. The third-order valence-corrected chi connectivity index (χ3v) is 3.22. The van der Waals surface area contributed by atoms with Gasteiger partial charge >= 0.3 is 5.97 Å². The Kier molecular flexibility index (Phi) is 7.03. The second kappa shape index (κ2) is 8.53. The maximum absolute atomic E-state index is 12.5. The highest BCUT2D eigenvalue weighted by Crippen LogP contribution is 2.24. The summed E-state index contributed by atoms with van der Waals surface area (Å²) < 4.78 is 10.7. The molecule has 0 unspecified atom stereocenters. The first-order valence-corrected chi connectivity index (χ1v) is 7.67. The minimum Gasteiger partial charge on any atom is -0.482 e. The molecule has 2 N–H and O–H groups in total. The van der Waals surface area contributed by atoms with Crippen molar-refractivity contribution in [1.29, 1.82) is 0 Å². The van der Waals surface area contributed by atoms with Gasteiger partial charge in [0.05, 0.1) is 0 Å². The fraction of sp³-hybridized carbons (Fsp3) is 0.529. The number of hydrogen-bond acceptors (Lipinski definition) is 4. The van der Waals surface area contributed by atoms with Crippen LogP contribution in [-0.4, -0.2) is 35.8 Å². The van der Waals surface area contributed by atoms with Crippen molar-refractivity contribution in [3.8, 4) is 5.75 Å². The maximum Gasteiger partial charge on any atom is 0.341 e. The number of amides is 1. The Balaban J connectivity index is 2.72. The van der Waals surface area contributed by atoms with E-state index in [2.05, 4.69) is 5.32 Å². The molecular formula is C17H25NO5. The van der Waals surface area contributed by atoms with Crippen LogP contribution >= 0.6 is 0 Å². The van der Waals surface area contributed by atoms with Crippen LogP contribution < -0.4 is 10.1 Å². The van der Waals surface area contributed by atoms with E-state index in [-0.39, 0.29) is 5.91 Å². The Bertz CT molecular complexity index is 526. The van der Waals surface area contributed by atoms with Crippen LogP contribution in [0.1, 0.15) is 34.1 Å². The van der Waals surface area contributed by atoms with Gasteiger partial charge in [0.25, 0.3) is 5.91 Å². The standard InChI is InChI=1S/C17H25NO5/c1-5-23-17(4,10-12(2)3)16(21)18-13-6-8-14(9-7-13)22-11-15(19)20/h6-9,12H,5,10-11H2,1-4H3,(H,18,21)(H,19,20)/t17-/m0/s1. The molecule has 128 valence electrons. The number of carbonyl (C=O) groups is 2. The molecule has 0 radical (unpaired) electrons. The minimum atomic E-state index is -1.04. The molecule has 1 atom stereocenters. The lowest BCUT2D eigenvalue weighted by Crippen LogP contribution is -2.43. The van der Waals surface area contributed by atoms with Crippen LogP contribution in [0.25, 0.3) is 0 Å². The van der Waals surface area contributed by atoms with Gasteiger partial charge in [0, 0.05) is 12.3 Å². The topological polar surface area (TPSA) is 84.9 Å². The number of carbonyl (C=O) groups excluding carboxylic acids is 1. The van der Waals surface area contributed by atoms with Crippen LogP contribution in [0.15, 0.2) is 24.3 Å². The van der Waals surface area contributed by atoms with Crippen LogP contribution in [0.4, 0.5) is 5.69 Å². The van der Waals surface area contributed by atoms with Crippen LogP contribution in [-0.2, 0) is 14.3 Å². The molecule has 0 aliphatic rings. The molecule has 23 heavy (non-hydrogen) atoms. The first kappa shape index (κ1) is 19.0. The van der Waals surface area contributed by atoms with Crippen LogP contribution in [0.3, 0.4) is 0 Å². The number of aliphatic carboxylic acids is 1. The highest BCUT2D eigenvalue weighted by Gasteiger charge is 2.34. The molecule has 0 saturated heterocycles. The van der Waals surface area contributed by atoms with E-state index in [9.17, 15) is 9.59 Å². The zero-order valence-electron chi connectivity index (χ0n) is 14.1. The molecule has 0 fully saturated rings. The monoisotopic (exact) mass is 323 g/mol. The molecule has 0 saturated carbocycles. The molecule has 1 aromatic rings. The van der Waals surface area contributed by atoms with Crippen molar-refractivity contribution in [3.63, 3.8) is 0 Å². The number of anilines is 1. The number of nitrogens with one attached hydrogen (secondary N) is 1. The van der Waals surface area contributed by atoms with Gasteiger partial charge in [0.15, 0.2) is 6.61 Å². The van der Waals surface area contributed by atoms with Crippen LogP contribution in [0.2, 0.25) is 0 Å². The number of benzene rings is 1. The summed E-state index contributed by atoms with van der Waals surface area (Å²) in [5.41, 5.74) is -0.283. The van der Waals surface area contributed by atoms with E-state index < -0.39 is 18.2 Å². The number of hydrogen-bond donors (Lipinski definition) is 2. The van der Waals surface area contributed by atoms with Crippen molar-refractivity contribution in [1.82, 2.24) is 0 Å². The lowest BCUT2D eigenvalue weighted by atomic mass is 9.93. The average Bonchev–Trinajstić information content (AvgIpc) is 2.45. The highest BCUT2D eigenvalue weighted by atomic mass is 16.5. The summed E-state index contributed by atoms with van der Waals surface area (Å²) in [5.74, 6) is -0.486. The van der Waals surface area contributed by atoms with Gasteiger partial charge in [0.1, 0.15) is 11.4 Å². The minimum absolute atomic E-state index is 0.202. The Morgan fingerprint density at radius 2 is 1.87 bits per heavy atom. The predicted molar refractivity (Wildman–Crippen MR) is 87.7 cm³/mol. The molecule has 6 nitrogen and oxygen atoms in total. The van der Waals surface area contributed by atoms with Gasteiger partial charge < -0.3 is 19.9 Å². The summed E-state index contributed by atoms with van der Waals surface area (Å²) in [6.07, 6.45) is 0.618. The van der Waals surface area contributed by atoms with Crippen LogP contribution in [0.5, 0.6) is 5.75 Å². The molecule has 1 aromatic carbocycles. The summed E-state index contributed by atoms with van der Waals surface area (Å²) in [5, 5.41) is 11.4. The Morgan fingerprint density at radius 3 is 2.35 bits per heavy atom. The van der Waals surface area contributed by atoms with E-state index in [0.29, 0.717) is 30.4 Å². The lowest BCUT2D eigenvalue weighted by molar-refractivity contribution is -0.141. The van der Waals surface area contributed by atoms with Gasteiger partial charge in [0.2, 0.25) is 0 Å². The molecule has 0 heterocycles. The van der Waals surface area contributed by atoms with E-state index in [4.69, 9.17) is 14.6 Å². The Morgan fingerprint density at radius 1 is 1.26 bits per heavy atom. The lowest BCUT2D eigenvalue weighted by Gasteiger charge is -2.29. The molecule has 1 amide bonds. The van der Waals surface area contributed by atoms with Crippen molar-refractivity contribution in [2.75, 3.05) is 18.5 Å². The number of carboxylic acid groups (broad SMARTS) is 1. The van der Waals surface area contributed by atoms with Gasteiger partial charge in [-0.15, -0.1) is 0 Å². The third-order valence-electron chi connectivity index (χ3n) is 3.22. The summed E-state index contributed by atoms with van der Waals surface area (Å²) in [7, 11) is 0. The molecule has 6 heteroatoms. The van der Waals surface area contributed by atoms with Crippen LogP contribution in [0, 0.1) is 5.92 Å². The average molecular weight is 323 g/mol. The highest BCUT2D eigenvalue weighted by molar-refractivity contribution is 5.97.